The van der Waals surface area contributed by atoms with Crippen LogP contribution in [0.5, 0.6) is 11.6 Å². The van der Waals surface area contributed by atoms with E-state index in [1.54, 1.807) is 0 Å². The van der Waals surface area contributed by atoms with Crippen LogP contribution in [0.4, 0.5) is 0 Å². The molecule has 0 unspecified atom stereocenters. The first-order chi connectivity index (χ1) is 9.53. The van der Waals surface area contributed by atoms with Gasteiger partial charge in [0, 0.05) is 6.07 Å². The molecule has 0 atom stereocenters. The molecule has 3 heteroatoms. The highest BCUT2D eigenvalue weighted by molar-refractivity contribution is 5.27. The molecule has 106 valence electrons. The number of hydrogen-bond acceptors (Lipinski definition) is 3. The van der Waals surface area contributed by atoms with Crippen molar-refractivity contribution in [2.75, 3.05) is 6.61 Å². The summed E-state index contributed by atoms with van der Waals surface area (Å²) in [4.78, 5) is 4.44. The minimum atomic E-state index is 0.165. The van der Waals surface area contributed by atoms with Crippen molar-refractivity contribution in [1.82, 2.24) is 4.98 Å². The summed E-state index contributed by atoms with van der Waals surface area (Å²) in [5, 5.41) is 0. The van der Waals surface area contributed by atoms with E-state index in [4.69, 9.17) is 9.47 Å². The first-order valence-corrected chi connectivity index (χ1v) is 6.79. The van der Waals surface area contributed by atoms with Crippen molar-refractivity contribution in [2.45, 2.75) is 27.4 Å². The van der Waals surface area contributed by atoms with Crippen molar-refractivity contribution >= 4 is 0 Å². The second-order valence-electron chi connectivity index (χ2n) is 5.94. The van der Waals surface area contributed by atoms with Crippen molar-refractivity contribution in [3.8, 4) is 11.6 Å². The van der Waals surface area contributed by atoms with Gasteiger partial charge in [0.1, 0.15) is 5.75 Å². The standard InChI is InChI=1S/C17H21NO2/c1-17(2,3)13-19-12-14-8-7-11-16(18-14)20-15-9-5-4-6-10-15/h4-11H,12-13H2,1-3H3. The number of nitrogens with zero attached hydrogens (tertiary/aromatic N) is 1. The number of hydrogen-bond donors (Lipinski definition) is 0. The van der Waals surface area contributed by atoms with Crippen LogP contribution in [0.2, 0.25) is 0 Å². The number of aromatic nitrogens is 1. The summed E-state index contributed by atoms with van der Waals surface area (Å²) in [6, 6.07) is 15.4. The van der Waals surface area contributed by atoms with Gasteiger partial charge < -0.3 is 9.47 Å². The van der Waals surface area contributed by atoms with E-state index in [9.17, 15) is 0 Å². The van der Waals surface area contributed by atoms with Gasteiger partial charge in [-0.15, -0.1) is 0 Å². The van der Waals surface area contributed by atoms with E-state index in [2.05, 4.69) is 25.8 Å². The summed E-state index contributed by atoms with van der Waals surface area (Å²) in [6.07, 6.45) is 0. The number of ether oxygens (including phenoxy) is 2. The van der Waals surface area contributed by atoms with Gasteiger partial charge in [0.15, 0.2) is 0 Å². The van der Waals surface area contributed by atoms with Crippen LogP contribution in [-0.2, 0) is 11.3 Å². The lowest BCUT2D eigenvalue weighted by molar-refractivity contribution is 0.0579. The molecular formula is C17H21NO2. The normalized spacial score (nSPS) is 11.3. The highest BCUT2D eigenvalue weighted by atomic mass is 16.5. The predicted molar refractivity (Wildman–Crippen MR) is 79.9 cm³/mol. The molecule has 0 spiro atoms. The van der Waals surface area contributed by atoms with Crippen LogP contribution in [0.1, 0.15) is 26.5 Å². The van der Waals surface area contributed by atoms with Gasteiger partial charge in [0.25, 0.3) is 0 Å². The predicted octanol–water partition coefficient (Wildman–Crippen LogP) is 4.44. The fourth-order valence-corrected chi connectivity index (χ4v) is 1.67. The van der Waals surface area contributed by atoms with Gasteiger partial charge in [-0.1, -0.05) is 45.0 Å². The van der Waals surface area contributed by atoms with Crippen LogP contribution >= 0.6 is 0 Å². The van der Waals surface area contributed by atoms with Crippen LogP contribution in [0, 0.1) is 5.41 Å². The molecule has 0 aliphatic carbocycles. The molecule has 2 aromatic rings. The summed E-state index contributed by atoms with van der Waals surface area (Å²) < 4.78 is 11.4. The van der Waals surface area contributed by atoms with Crippen molar-refractivity contribution in [2.24, 2.45) is 5.41 Å². The molecule has 1 aromatic heterocycles. The Hall–Kier alpha value is -1.87. The van der Waals surface area contributed by atoms with Gasteiger partial charge in [0.2, 0.25) is 5.88 Å². The van der Waals surface area contributed by atoms with Gasteiger partial charge >= 0.3 is 0 Å². The smallest absolute Gasteiger partial charge is 0.219 e. The molecule has 0 saturated carbocycles. The van der Waals surface area contributed by atoms with E-state index in [1.807, 2.05) is 48.5 Å². The second-order valence-corrected chi connectivity index (χ2v) is 5.94. The number of pyridine rings is 1. The quantitative estimate of drug-likeness (QED) is 0.805. The summed E-state index contributed by atoms with van der Waals surface area (Å²) in [5.74, 6) is 1.38. The summed E-state index contributed by atoms with van der Waals surface area (Å²) in [5.41, 5.74) is 1.04. The van der Waals surface area contributed by atoms with E-state index in [0.717, 1.165) is 11.4 Å². The van der Waals surface area contributed by atoms with Crippen molar-refractivity contribution < 1.29 is 9.47 Å². The van der Waals surface area contributed by atoms with E-state index in [1.165, 1.54) is 0 Å². The van der Waals surface area contributed by atoms with Gasteiger partial charge in [-0.3, -0.25) is 0 Å². The van der Waals surface area contributed by atoms with Crippen LogP contribution in [0.15, 0.2) is 48.5 Å². The Balaban J connectivity index is 1.94. The monoisotopic (exact) mass is 271 g/mol. The highest BCUT2D eigenvalue weighted by Gasteiger charge is 2.10. The third-order valence-corrected chi connectivity index (χ3v) is 2.53. The maximum atomic E-state index is 5.70. The SMILES string of the molecule is CC(C)(C)COCc1cccc(Oc2ccccc2)n1. The topological polar surface area (TPSA) is 31.4 Å². The zero-order chi connectivity index (χ0) is 14.4. The maximum absolute atomic E-state index is 5.70. The third-order valence-electron chi connectivity index (χ3n) is 2.53. The largest absolute Gasteiger partial charge is 0.439 e. The van der Waals surface area contributed by atoms with Gasteiger partial charge in [-0.25, -0.2) is 4.98 Å². The molecule has 0 bridgehead atoms. The average Bonchev–Trinajstić information content (AvgIpc) is 2.39. The molecule has 1 aromatic carbocycles. The fourth-order valence-electron chi connectivity index (χ4n) is 1.67. The summed E-state index contributed by atoms with van der Waals surface area (Å²) >= 11 is 0. The Morgan fingerprint density at radius 2 is 1.70 bits per heavy atom. The maximum Gasteiger partial charge on any atom is 0.219 e. The molecule has 0 saturated heterocycles. The number of benzene rings is 1. The number of rotatable bonds is 5. The van der Waals surface area contributed by atoms with Gasteiger partial charge in [-0.2, -0.15) is 0 Å². The second kappa shape index (κ2) is 6.53. The molecular weight excluding hydrogens is 250 g/mol. The van der Waals surface area contributed by atoms with Crippen molar-refractivity contribution in [3.63, 3.8) is 0 Å². The zero-order valence-electron chi connectivity index (χ0n) is 12.3. The van der Waals surface area contributed by atoms with Crippen molar-refractivity contribution in [1.29, 1.82) is 0 Å². The van der Waals surface area contributed by atoms with Crippen molar-refractivity contribution in [3.05, 3.63) is 54.2 Å². The summed E-state index contributed by atoms with van der Waals surface area (Å²) in [6.45, 7) is 7.65. The molecule has 0 aliphatic heterocycles. The van der Waals surface area contributed by atoms with Gasteiger partial charge in [0.05, 0.1) is 18.9 Å². The molecule has 1 heterocycles. The fraction of sp³-hybridized carbons (Fsp3) is 0.353. The molecule has 2 rings (SSSR count). The lowest BCUT2D eigenvalue weighted by Crippen LogP contribution is -2.14. The molecule has 20 heavy (non-hydrogen) atoms. The molecule has 3 nitrogen and oxygen atoms in total. The Labute approximate surface area is 120 Å². The first kappa shape index (κ1) is 14.5. The molecule has 0 amide bonds. The minimum Gasteiger partial charge on any atom is -0.439 e. The Kier molecular flexibility index (Phi) is 4.74. The Bertz CT molecular complexity index is 532. The van der Waals surface area contributed by atoms with Crippen LogP contribution < -0.4 is 4.74 Å². The van der Waals surface area contributed by atoms with E-state index >= 15 is 0 Å². The van der Waals surface area contributed by atoms with Crippen LogP contribution in [0.25, 0.3) is 0 Å². The lowest BCUT2D eigenvalue weighted by atomic mass is 9.99. The highest BCUT2D eigenvalue weighted by Crippen LogP contribution is 2.19. The van der Waals surface area contributed by atoms with E-state index in [0.29, 0.717) is 19.1 Å². The molecule has 0 fully saturated rings. The first-order valence-electron chi connectivity index (χ1n) is 6.79. The van der Waals surface area contributed by atoms with Crippen LogP contribution in [0.3, 0.4) is 0 Å². The number of para-hydroxylation sites is 1. The molecule has 0 N–H and O–H groups in total. The average molecular weight is 271 g/mol. The molecule has 0 aliphatic rings. The third kappa shape index (κ3) is 5.02. The van der Waals surface area contributed by atoms with E-state index in [-0.39, 0.29) is 5.41 Å². The Morgan fingerprint density at radius 3 is 2.40 bits per heavy atom. The molecule has 0 radical (unpaired) electrons. The van der Waals surface area contributed by atoms with Gasteiger partial charge in [-0.05, 0) is 23.6 Å². The zero-order valence-corrected chi connectivity index (χ0v) is 12.3. The van der Waals surface area contributed by atoms with Crippen LogP contribution in [-0.4, -0.2) is 11.6 Å². The van der Waals surface area contributed by atoms with E-state index < -0.39 is 0 Å². The Morgan fingerprint density at radius 1 is 0.950 bits per heavy atom. The minimum absolute atomic E-state index is 0.165. The summed E-state index contributed by atoms with van der Waals surface area (Å²) in [7, 11) is 0. The lowest BCUT2D eigenvalue weighted by Gasteiger charge is -2.17.